The molecule has 1 heterocycles. The maximum Gasteiger partial charge on any atom is 0.272 e. The second kappa shape index (κ2) is 7.25. The summed E-state index contributed by atoms with van der Waals surface area (Å²) in [6.45, 7) is 0.412. The van der Waals surface area contributed by atoms with Crippen molar-refractivity contribution in [3.8, 4) is 11.5 Å². The van der Waals surface area contributed by atoms with Crippen molar-refractivity contribution in [2.24, 2.45) is 5.73 Å². The van der Waals surface area contributed by atoms with E-state index < -0.39 is 6.10 Å². The van der Waals surface area contributed by atoms with Crippen LogP contribution in [0.3, 0.4) is 0 Å². The molecule has 130 valence electrons. The normalized spacial score (nSPS) is 16.1. The smallest absolute Gasteiger partial charge is 0.272 e. The first kappa shape index (κ1) is 16.8. The lowest BCUT2D eigenvalue weighted by atomic mass is 10.0. The molecule has 0 saturated carbocycles. The van der Waals surface area contributed by atoms with Crippen molar-refractivity contribution < 1.29 is 19.1 Å². The van der Waals surface area contributed by atoms with E-state index in [1.54, 1.807) is 24.1 Å². The van der Waals surface area contributed by atoms with E-state index >= 15 is 0 Å². The molecule has 0 aromatic heterocycles. The number of primary amides is 1. The van der Waals surface area contributed by atoms with Gasteiger partial charge >= 0.3 is 0 Å². The summed E-state index contributed by atoms with van der Waals surface area (Å²) in [5, 5.41) is 0. The fraction of sp³-hybridized carbons (Fsp3) is 0.263. The van der Waals surface area contributed by atoms with E-state index in [1.807, 2.05) is 36.4 Å². The van der Waals surface area contributed by atoms with E-state index in [0.29, 0.717) is 30.2 Å². The molecule has 1 unspecified atom stereocenters. The molecule has 0 radical (unpaired) electrons. The maximum atomic E-state index is 13.0. The molecule has 1 aliphatic heterocycles. The van der Waals surface area contributed by atoms with Crippen LogP contribution >= 0.6 is 0 Å². The van der Waals surface area contributed by atoms with E-state index in [4.69, 9.17) is 15.2 Å². The monoisotopic (exact) mass is 340 g/mol. The standard InChI is InChI=1S/C19H20N2O4/c1-24-14-10-8-13(9-11-14)18-19(23)21(12-4-7-17(20)22)15-5-2-3-6-16(15)25-18/h2-3,5-6,8-11,18H,4,7,12H2,1H3,(H2,20,22). The Balaban J connectivity index is 1.88. The van der Waals surface area contributed by atoms with Gasteiger partial charge < -0.3 is 20.1 Å². The number of para-hydroxylation sites is 2. The average Bonchev–Trinajstić information content (AvgIpc) is 2.63. The summed E-state index contributed by atoms with van der Waals surface area (Å²) in [5.74, 6) is 0.821. The van der Waals surface area contributed by atoms with Crippen LogP contribution < -0.4 is 20.1 Å². The molecule has 25 heavy (non-hydrogen) atoms. The third-order valence-corrected chi connectivity index (χ3v) is 4.11. The second-order valence-corrected chi connectivity index (χ2v) is 5.80. The van der Waals surface area contributed by atoms with E-state index in [1.165, 1.54) is 0 Å². The number of amides is 2. The number of nitrogens with two attached hydrogens (primary N) is 1. The Morgan fingerprint density at radius 2 is 1.92 bits per heavy atom. The van der Waals surface area contributed by atoms with Crippen LogP contribution in [0.25, 0.3) is 0 Å². The second-order valence-electron chi connectivity index (χ2n) is 5.80. The number of benzene rings is 2. The Labute approximate surface area is 146 Å². The van der Waals surface area contributed by atoms with Crippen LogP contribution in [0, 0.1) is 0 Å². The van der Waals surface area contributed by atoms with Crippen LogP contribution in [0.4, 0.5) is 5.69 Å². The molecule has 0 saturated heterocycles. The van der Waals surface area contributed by atoms with E-state index in [2.05, 4.69) is 0 Å². The third-order valence-electron chi connectivity index (χ3n) is 4.11. The zero-order valence-corrected chi connectivity index (χ0v) is 14.0. The van der Waals surface area contributed by atoms with Gasteiger partial charge in [-0.25, -0.2) is 0 Å². The molecule has 1 aliphatic rings. The minimum absolute atomic E-state index is 0.159. The number of carbonyl (C=O) groups excluding carboxylic acids is 2. The average molecular weight is 340 g/mol. The van der Waals surface area contributed by atoms with E-state index in [9.17, 15) is 9.59 Å². The van der Waals surface area contributed by atoms with Gasteiger partial charge in [-0.3, -0.25) is 9.59 Å². The lowest BCUT2D eigenvalue weighted by Crippen LogP contribution is -2.41. The molecule has 6 heteroatoms. The molecule has 2 aromatic rings. The van der Waals surface area contributed by atoms with Gasteiger partial charge in [0, 0.05) is 18.5 Å². The van der Waals surface area contributed by atoms with Crippen LogP contribution in [-0.2, 0) is 9.59 Å². The zero-order chi connectivity index (χ0) is 17.8. The molecule has 2 N–H and O–H groups in total. The van der Waals surface area contributed by atoms with Gasteiger partial charge in [-0.2, -0.15) is 0 Å². The molecule has 1 atom stereocenters. The predicted octanol–water partition coefficient (Wildman–Crippen LogP) is 2.43. The van der Waals surface area contributed by atoms with Crippen molar-refractivity contribution in [2.75, 3.05) is 18.6 Å². The van der Waals surface area contributed by atoms with Crippen molar-refractivity contribution in [3.63, 3.8) is 0 Å². The third kappa shape index (κ3) is 3.57. The van der Waals surface area contributed by atoms with Crippen LogP contribution in [0.15, 0.2) is 48.5 Å². The fourth-order valence-corrected chi connectivity index (χ4v) is 2.85. The highest BCUT2D eigenvalue weighted by atomic mass is 16.5. The molecule has 0 bridgehead atoms. The van der Waals surface area contributed by atoms with Crippen LogP contribution in [0.1, 0.15) is 24.5 Å². The number of nitrogens with zero attached hydrogens (tertiary/aromatic N) is 1. The highest BCUT2D eigenvalue weighted by molar-refractivity contribution is 6.00. The number of ether oxygens (including phenoxy) is 2. The van der Waals surface area contributed by atoms with Crippen LogP contribution in [0.5, 0.6) is 11.5 Å². The predicted molar refractivity (Wildman–Crippen MR) is 93.6 cm³/mol. The van der Waals surface area contributed by atoms with Gasteiger partial charge in [0.15, 0.2) is 0 Å². The van der Waals surface area contributed by atoms with Crippen molar-refractivity contribution in [1.29, 1.82) is 0 Å². The van der Waals surface area contributed by atoms with Crippen molar-refractivity contribution >= 4 is 17.5 Å². The molecule has 2 aromatic carbocycles. The highest BCUT2D eigenvalue weighted by Gasteiger charge is 2.35. The van der Waals surface area contributed by atoms with Gasteiger partial charge in [-0.15, -0.1) is 0 Å². The highest BCUT2D eigenvalue weighted by Crippen LogP contribution is 2.39. The van der Waals surface area contributed by atoms with Crippen molar-refractivity contribution in [2.45, 2.75) is 18.9 Å². The summed E-state index contributed by atoms with van der Waals surface area (Å²) >= 11 is 0. The molecule has 2 amide bonds. The zero-order valence-electron chi connectivity index (χ0n) is 14.0. The van der Waals surface area contributed by atoms with Gasteiger partial charge in [0.1, 0.15) is 11.5 Å². The summed E-state index contributed by atoms with van der Waals surface area (Å²) in [7, 11) is 1.59. The summed E-state index contributed by atoms with van der Waals surface area (Å²) in [5.41, 5.74) is 6.66. The topological polar surface area (TPSA) is 81.9 Å². The van der Waals surface area contributed by atoms with Crippen molar-refractivity contribution in [3.05, 3.63) is 54.1 Å². The first-order valence-corrected chi connectivity index (χ1v) is 8.09. The van der Waals surface area contributed by atoms with Gasteiger partial charge in [0.25, 0.3) is 5.91 Å². The number of anilines is 1. The number of fused-ring (bicyclic) bond motifs is 1. The summed E-state index contributed by atoms with van der Waals surface area (Å²) < 4.78 is 11.1. The molecule has 3 rings (SSSR count). The lowest BCUT2D eigenvalue weighted by Gasteiger charge is -2.34. The number of hydrogen-bond donors (Lipinski definition) is 1. The molecule has 6 nitrogen and oxygen atoms in total. The Hall–Kier alpha value is -3.02. The van der Waals surface area contributed by atoms with Gasteiger partial charge in [0.2, 0.25) is 12.0 Å². The lowest BCUT2D eigenvalue weighted by molar-refractivity contribution is -0.127. The fourth-order valence-electron chi connectivity index (χ4n) is 2.85. The van der Waals surface area contributed by atoms with E-state index in [0.717, 1.165) is 5.56 Å². The largest absolute Gasteiger partial charge is 0.497 e. The Morgan fingerprint density at radius 1 is 1.20 bits per heavy atom. The minimum Gasteiger partial charge on any atom is -0.497 e. The SMILES string of the molecule is COc1ccc(C2Oc3ccccc3N(CCCC(N)=O)C2=O)cc1. The Morgan fingerprint density at radius 3 is 2.60 bits per heavy atom. The van der Waals surface area contributed by atoms with Crippen molar-refractivity contribution in [1.82, 2.24) is 0 Å². The first-order chi connectivity index (χ1) is 12.1. The maximum absolute atomic E-state index is 13.0. The Bertz CT molecular complexity index is 773. The summed E-state index contributed by atoms with van der Waals surface area (Å²) in [4.78, 5) is 25.6. The van der Waals surface area contributed by atoms with Gasteiger partial charge in [0.05, 0.1) is 12.8 Å². The first-order valence-electron chi connectivity index (χ1n) is 8.09. The van der Waals surface area contributed by atoms with Crippen LogP contribution in [-0.4, -0.2) is 25.5 Å². The molecule has 0 spiro atoms. The molecular formula is C19H20N2O4. The van der Waals surface area contributed by atoms with E-state index in [-0.39, 0.29) is 18.2 Å². The number of carbonyl (C=O) groups is 2. The Kier molecular flexibility index (Phi) is 4.88. The van der Waals surface area contributed by atoms with Gasteiger partial charge in [-0.05, 0) is 30.7 Å². The summed E-state index contributed by atoms with van der Waals surface area (Å²) in [6, 6.07) is 14.6. The summed E-state index contributed by atoms with van der Waals surface area (Å²) in [6.07, 6.45) is 0.0134. The number of rotatable bonds is 6. The quantitative estimate of drug-likeness (QED) is 0.875. The molecule has 0 aliphatic carbocycles. The number of hydrogen-bond acceptors (Lipinski definition) is 4. The molecule has 0 fully saturated rings. The minimum atomic E-state index is -0.727. The molecular weight excluding hydrogens is 320 g/mol. The van der Waals surface area contributed by atoms with Gasteiger partial charge in [-0.1, -0.05) is 24.3 Å². The van der Waals surface area contributed by atoms with Crippen LogP contribution in [0.2, 0.25) is 0 Å². The number of methoxy groups -OCH3 is 1.